The van der Waals surface area contributed by atoms with E-state index in [1.807, 2.05) is 12.1 Å². The highest BCUT2D eigenvalue weighted by Crippen LogP contribution is 2.69. The predicted molar refractivity (Wildman–Crippen MR) is 123 cm³/mol. The van der Waals surface area contributed by atoms with E-state index < -0.39 is 0 Å². The molecule has 4 fully saturated rings. The van der Waals surface area contributed by atoms with Crippen LogP contribution in [0.25, 0.3) is 22.3 Å². The minimum Gasteiger partial charge on any atom is -0.224 e. The molecule has 5 aliphatic carbocycles. The molecule has 2 aromatic carbocycles. The molecule has 0 aliphatic heterocycles. The van der Waals surface area contributed by atoms with E-state index >= 15 is 0 Å². The van der Waals surface area contributed by atoms with Crippen LogP contribution < -0.4 is 0 Å². The Morgan fingerprint density at radius 3 is 2.00 bits per heavy atom. The van der Waals surface area contributed by atoms with Crippen molar-refractivity contribution in [3.63, 3.8) is 0 Å². The van der Waals surface area contributed by atoms with Gasteiger partial charge in [0.1, 0.15) is 10.3 Å². The summed E-state index contributed by atoms with van der Waals surface area (Å²) < 4.78 is 0. The summed E-state index contributed by atoms with van der Waals surface area (Å²) in [6.07, 6.45) is 7.08. The summed E-state index contributed by atoms with van der Waals surface area (Å²) in [6.45, 7) is 0. The molecular weight excluding hydrogens is 409 g/mol. The van der Waals surface area contributed by atoms with E-state index in [9.17, 15) is 0 Å². The molecule has 1 nitrogen and oxygen atoms in total. The molecule has 3 heteroatoms. The van der Waals surface area contributed by atoms with Crippen molar-refractivity contribution in [2.24, 2.45) is 23.7 Å². The maximum absolute atomic E-state index is 6.30. The van der Waals surface area contributed by atoms with Crippen molar-refractivity contribution < 1.29 is 0 Å². The number of halogens is 2. The molecule has 1 heterocycles. The molecule has 4 saturated carbocycles. The third-order valence-corrected chi connectivity index (χ3v) is 9.04. The van der Waals surface area contributed by atoms with Crippen LogP contribution in [0.4, 0.5) is 0 Å². The van der Waals surface area contributed by atoms with Crippen molar-refractivity contribution in [2.45, 2.75) is 37.5 Å². The highest BCUT2D eigenvalue weighted by atomic mass is 35.5. The molecule has 4 bridgehead atoms. The van der Waals surface area contributed by atoms with Crippen LogP contribution in [-0.2, 0) is 5.41 Å². The minimum atomic E-state index is 0.190. The van der Waals surface area contributed by atoms with Gasteiger partial charge >= 0.3 is 0 Å². The first kappa shape index (κ1) is 17.8. The summed E-state index contributed by atoms with van der Waals surface area (Å²) in [6, 6.07) is 20.0. The van der Waals surface area contributed by atoms with E-state index in [2.05, 4.69) is 47.4 Å². The SMILES string of the molecule is Clc1cc(-c2cccc3c2-c2ccccc2C32C3CC4CC(C3)CC2C4)cc(Cl)n1. The fraction of sp³-hybridized carbons (Fsp3) is 0.370. The van der Waals surface area contributed by atoms with Gasteiger partial charge < -0.3 is 0 Å². The predicted octanol–water partition coefficient (Wildman–Crippen LogP) is 7.78. The summed E-state index contributed by atoms with van der Waals surface area (Å²) in [5.41, 5.74) is 8.44. The fourth-order valence-electron chi connectivity index (χ4n) is 8.06. The summed E-state index contributed by atoms with van der Waals surface area (Å²) in [5, 5.41) is 0.899. The Balaban J connectivity index is 1.54. The number of aromatic nitrogens is 1. The Morgan fingerprint density at radius 2 is 1.30 bits per heavy atom. The van der Waals surface area contributed by atoms with Gasteiger partial charge in [0, 0.05) is 5.41 Å². The standard InChI is InChI=1S/C27H23Cl2N/c28-24-13-17(14-25(29)30-24)20-5-3-7-23-26(20)21-4-1-2-6-22(21)27(23)18-9-15-8-16(11-18)12-19(27)10-15/h1-7,13-16,18-19H,8-12H2. The molecule has 0 radical (unpaired) electrons. The number of fused-ring (bicyclic) bond motifs is 3. The van der Waals surface area contributed by atoms with Crippen molar-refractivity contribution in [1.82, 2.24) is 4.98 Å². The summed E-state index contributed by atoms with van der Waals surface area (Å²) in [5.74, 6) is 3.46. The van der Waals surface area contributed by atoms with Gasteiger partial charge in [-0.15, -0.1) is 0 Å². The molecule has 1 aromatic heterocycles. The van der Waals surface area contributed by atoms with Gasteiger partial charge in [-0.25, -0.2) is 4.98 Å². The molecule has 8 rings (SSSR count). The molecular formula is C27H23Cl2N. The minimum absolute atomic E-state index is 0.190. The highest BCUT2D eigenvalue weighted by molar-refractivity contribution is 6.33. The maximum Gasteiger partial charge on any atom is 0.131 e. The van der Waals surface area contributed by atoms with Crippen LogP contribution in [0, 0.1) is 23.7 Å². The van der Waals surface area contributed by atoms with Crippen LogP contribution in [0.1, 0.15) is 43.2 Å². The highest BCUT2D eigenvalue weighted by Gasteiger charge is 2.61. The smallest absolute Gasteiger partial charge is 0.131 e. The molecule has 5 aliphatic rings. The molecule has 1 spiro atoms. The van der Waals surface area contributed by atoms with Crippen LogP contribution in [-0.4, -0.2) is 4.98 Å². The topological polar surface area (TPSA) is 12.9 Å². The van der Waals surface area contributed by atoms with Crippen molar-refractivity contribution in [3.05, 3.63) is 76.0 Å². The average Bonchev–Trinajstić information content (AvgIpc) is 3.02. The van der Waals surface area contributed by atoms with Gasteiger partial charge in [0.25, 0.3) is 0 Å². The van der Waals surface area contributed by atoms with Gasteiger partial charge in [-0.3, -0.25) is 0 Å². The second-order valence-electron chi connectivity index (χ2n) is 9.95. The van der Waals surface area contributed by atoms with Crippen molar-refractivity contribution >= 4 is 23.2 Å². The lowest BCUT2D eigenvalue weighted by Gasteiger charge is -2.61. The van der Waals surface area contributed by atoms with Crippen LogP contribution in [0.3, 0.4) is 0 Å². The molecule has 0 saturated heterocycles. The fourth-order valence-corrected chi connectivity index (χ4v) is 8.52. The van der Waals surface area contributed by atoms with Gasteiger partial charge in [-0.1, -0.05) is 65.7 Å². The van der Waals surface area contributed by atoms with Gasteiger partial charge in [-0.2, -0.15) is 0 Å². The molecule has 0 unspecified atom stereocenters. The maximum atomic E-state index is 6.30. The zero-order chi connectivity index (χ0) is 20.0. The summed E-state index contributed by atoms with van der Waals surface area (Å²) in [7, 11) is 0. The van der Waals surface area contributed by atoms with Crippen molar-refractivity contribution in [3.8, 4) is 22.3 Å². The van der Waals surface area contributed by atoms with E-state index in [-0.39, 0.29) is 5.41 Å². The molecule has 150 valence electrons. The average molecular weight is 432 g/mol. The largest absolute Gasteiger partial charge is 0.224 e. The second kappa shape index (κ2) is 6.11. The normalized spacial score (nSPS) is 32.5. The van der Waals surface area contributed by atoms with Crippen LogP contribution >= 0.6 is 23.2 Å². The Labute approximate surface area is 187 Å². The quantitative estimate of drug-likeness (QED) is 0.358. The van der Waals surface area contributed by atoms with Gasteiger partial charge in [0.15, 0.2) is 0 Å². The van der Waals surface area contributed by atoms with E-state index in [1.54, 1.807) is 11.1 Å². The first-order valence-electron chi connectivity index (χ1n) is 11.2. The molecule has 3 aromatic rings. The zero-order valence-electron chi connectivity index (χ0n) is 16.7. The van der Waals surface area contributed by atoms with Gasteiger partial charge in [0.2, 0.25) is 0 Å². The van der Waals surface area contributed by atoms with E-state index in [4.69, 9.17) is 23.2 Å². The summed E-state index contributed by atoms with van der Waals surface area (Å²) in [4.78, 5) is 4.17. The van der Waals surface area contributed by atoms with E-state index in [0.29, 0.717) is 10.3 Å². The first-order chi connectivity index (χ1) is 14.6. The van der Waals surface area contributed by atoms with Crippen LogP contribution in [0.2, 0.25) is 10.3 Å². The number of hydrogen-bond donors (Lipinski definition) is 0. The van der Waals surface area contributed by atoms with Crippen molar-refractivity contribution in [1.29, 1.82) is 0 Å². The zero-order valence-corrected chi connectivity index (χ0v) is 18.3. The van der Waals surface area contributed by atoms with Crippen molar-refractivity contribution in [2.75, 3.05) is 0 Å². The number of rotatable bonds is 1. The third-order valence-electron chi connectivity index (χ3n) is 8.65. The lowest BCUT2D eigenvalue weighted by atomic mass is 9.43. The van der Waals surface area contributed by atoms with Crippen LogP contribution in [0.15, 0.2) is 54.6 Å². The van der Waals surface area contributed by atoms with E-state index in [0.717, 1.165) is 29.2 Å². The van der Waals surface area contributed by atoms with Gasteiger partial charge in [-0.05, 0) is 101 Å². The lowest BCUT2D eigenvalue weighted by molar-refractivity contribution is -0.0399. The summed E-state index contributed by atoms with van der Waals surface area (Å²) >= 11 is 12.6. The number of nitrogens with zero attached hydrogens (tertiary/aromatic N) is 1. The van der Waals surface area contributed by atoms with Crippen LogP contribution in [0.5, 0.6) is 0 Å². The second-order valence-corrected chi connectivity index (χ2v) is 10.7. The monoisotopic (exact) mass is 431 g/mol. The van der Waals surface area contributed by atoms with E-state index in [1.165, 1.54) is 48.8 Å². The third kappa shape index (κ3) is 2.18. The first-order valence-corrected chi connectivity index (χ1v) is 12.0. The molecule has 0 atom stereocenters. The van der Waals surface area contributed by atoms with Gasteiger partial charge in [0.05, 0.1) is 0 Å². The lowest BCUT2D eigenvalue weighted by Crippen LogP contribution is -2.55. The Kier molecular flexibility index (Phi) is 3.63. The molecule has 0 N–H and O–H groups in total. The molecule has 0 amide bonds. The number of benzene rings is 2. The number of hydrogen-bond acceptors (Lipinski definition) is 1. The Bertz CT molecular complexity index is 1150. The Hall–Kier alpha value is -1.83. The Morgan fingerprint density at radius 1 is 0.700 bits per heavy atom. The number of pyridine rings is 1. The molecule has 30 heavy (non-hydrogen) atoms.